The van der Waals surface area contributed by atoms with Crippen molar-refractivity contribution in [3.8, 4) is 22.4 Å². The van der Waals surface area contributed by atoms with Gasteiger partial charge in [-0.3, -0.25) is 10.1 Å². The molecule has 0 bridgehead atoms. The average molecular weight is 339 g/mol. The van der Waals surface area contributed by atoms with Crippen molar-refractivity contribution in [2.24, 2.45) is 0 Å². The number of hydrogen-bond donors (Lipinski definition) is 1. The van der Waals surface area contributed by atoms with Gasteiger partial charge >= 0.3 is 6.18 Å². The highest BCUT2D eigenvalue weighted by Crippen LogP contribution is 2.35. The van der Waals surface area contributed by atoms with E-state index in [0.29, 0.717) is 11.3 Å². The van der Waals surface area contributed by atoms with E-state index in [1.807, 2.05) is 24.3 Å². The third kappa shape index (κ3) is 2.87. The summed E-state index contributed by atoms with van der Waals surface area (Å²) in [6.07, 6.45) is -1.10. The molecule has 2 aromatic heterocycles. The number of benzene rings is 2. The standard InChI is InChI=1S/C19H12F3N3/c20-19(21,22)15-4-1-3-13(10-15)18-16(5-2-8-23-18)12-6-7-17-14(9-12)11-24-25-17/h1-11H,(H,24,25). The van der Waals surface area contributed by atoms with Gasteiger partial charge in [-0.2, -0.15) is 18.3 Å². The van der Waals surface area contributed by atoms with E-state index < -0.39 is 11.7 Å². The first-order valence-electron chi connectivity index (χ1n) is 7.58. The molecule has 0 aliphatic heterocycles. The number of hydrogen-bond acceptors (Lipinski definition) is 2. The lowest BCUT2D eigenvalue weighted by molar-refractivity contribution is -0.137. The summed E-state index contributed by atoms with van der Waals surface area (Å²) in [7, 11) is 0. The second-order valence-electron chi connectivity index (χ2n) is 5.65. The summed E-state index contributed by atoms with van der Waals surface area (Å²) in [5.41, 5.74) is 2.79. The monoisotopic (exact) mass is 339 g/mol. The molecule has 2 heterocycles. The van der Waals surface area contributed by atoms with Gasteiger partial charge in [0, 0.05) is 22.7 Å². The van der Waals surface area contributed by atoms with Gasteiger partial charge in [0.25, 0.3) is 0 Å². The van der Waals surface area contributed by atoms with Gasteiger partial charge in [-0.05, 0) is 35.9 Å². The average Bonchev–Trinajstić information content (AvgIpc) is 3.09. The minimum absolute atomic E-state index is 0.428. The summed E-state index contributed by atoms with van der Waals surface area (Å²) in [6, 6.07) is 14.6. The van der Waals surface area contributed by atoms with Gasteiger partial charge in [-0.15, -0.1) is 0 Å². The van der Waals surface area contributed by atoms with Crippen LogP contribution in [0.1, 0.15) is 5.56 Å². The summed E-state index contributed by atoms with van der Waals surface area (Å²) in [6.45, 7) is 0. The molecule has 0 aliphatic carbocycles. The van der Waals surface area contributed by atoms with E-state index in [-0.39, 0.29) is 0 Å². The lowest BCUT2D eigenvalue weighted by Gasteiger charge is -2.12. The van der Waals surface area contributed by atoms with Crippen molar-refractivity contribution in [3.63, 3.8) is 0 Å². The zero-order valence-corrected chi connectivity index (χ0v) is 12.9. The largest absolute Gasteiger partial charge is 0.416 e. The summed E-state index contributed by atoms with van der Waals surface area (Å²) in [4.78, 5) is 4.33. The highest BCUT2D eigenvalue weighted by atomic mass is 19.4. The zero-order valence-electron chi connectivity index (χ0n) is 12.9. The molecule has 4 rings (SSSR count). The van der Waals surface area contributed by atoms with Crippen LogP contribution in [-0.4, -0.2) is 15.2 Å². The molecule has 0 saturated carbocycles. The Hall–Kier alpha value is -3.15. The molecule has 2 aromatic carbocycles. The van der Waals surface area contributed by atoms with E-state index in [2.05, 4.69) is 15.2 Å². The number of rotatable bonds is 2. The molecule has 0 aliphatic rings. The molecule has 3 nitrogen and oxygen atoms in total. The molecule has 0 unspecified atom stereocenters. The van der Waals surface area contributed by atoms with Crippen LogP contribution >= 0.6 is 0 Å². The molecule has 25 heavy (non-hydrogen) atoms. The third-order valence-electron chi connectivity index (χ3n) is 4.02. The van der Waals surface area contributed by atoms with E-state index in [0.717, 1.165) is 34.2 Å². The number of aromatic amines is 1. The second kappa shape index (κ2) is 5.73. The van der Waals surface area contributed by atoms with Crippen LogP contribution in [-0.2, 0) is 6.18 Å². The van der Waals surface area contributed by atoms with Crippen molar-refractivity contribution in [1.82, 2.24) is 15.2 Å². The molecule has 0 saturated heterocycles. The number of alkyl halides is 3. The van der Waals surface area contributed by atoms with Crippen molar-refractivity contribution >= 4 is 10.9 Å². The van der Waals surface area contributed by atoms with Gasteiger partial charge in [-0.1, -0.05) is 24.3 Å². The molecule has 6 heteroatoms. The number of fused-ring (bicyclic) bond motifs is 1. The molecule has 0 radical (unpaired) electrons. The maximum Gasteiger partial charge on any atom is 0.416 e. The maximum atomic E-state index is 13.0. The van der Waals surface area contributed by atoms with Crippen LogP contribution in [0.15, 0.2) is 67.0 Å². The molecule has 4 aromatic rings. The number of H-pyrrole nitrogens is 1. The first-order valence-corrected chi connectivity index (χ1v) is 7.58. The zero-order chi connectivity index (χ0) is 17.4. The smallest absolute Gasteiger partial charge is 0.278 e. The van der Waals surface area contributed by atoms with Gasteiger partial charge in [-0.25, -0.2) is 0 Å². The van der Waals surface area contributed by atoms with Gasteiger partial charge < -0.3 is 0 Å². The Kier molecular flexibility index (Phi) is 3.53. The van der Waals surface area contributed by atoms with Gasteiger partial charge in [0.05, 0.1) is 23.0 Å². The summed E-state index contributed by atoms with van der Waals surface area (Å²) in [5.74, 6) is 0. The first-order chi connectivity index (χ1) is 12.0. The van der Waals surface area contributed by atoms with Crippen LogP contribution in [0.5, 0.6) is 0 Å². The molecule has 0 atom stereocenters. The predicted octanol–water partition coefficient (Wildman–Crippen LogP) is 5.31. The number of pyridine rings is 1. The molecule has 0 fully saturated rings. The summed E-state index contributed by atoms with van der Waals surface area (Å²) in [5, 5.41) is 7.79. The van der Waals surface area contributed by atoms with Crippen LogP contribution in [0.3, 0.4) is 0 Å². The van der Waals surface area contributed by atoms with Gasteiger partial charge in [0.1, 0.15) is 0 Å². The van der Waals surface area contributed by atoms with Crippen LogP contribution in [0.2, 0.25) is 0 Å². The first kappa shape index (κ1) is 15.4. The van der Waals surface area contributed by atoms with E-state index in [9.17, 15) is 13.2 Å². The van der Waals surface area contributed by atoms with Crippen LogP contribution in [0.4, 0.5) is 13.2 Å². The van der Waals surface area contributed by atoms with Crippen LogP contribution in [0.25, 0.3) is 33.3 Å². The molecule has 0 spiro atoms. The lowest BCUT2D eigenvalue weighted by atomic mass is 9.97. The highest BCUT2D eigenvalue weighted by molar-refractivity contribution is 5.88. The normalized spacial score (nSPS) is 11.8. The van der Waals surface area contributed by atoms with E-state index in [1.165, 1.54) is 6.07 Å². The van der Waals surface area contributed by atoms with Crippen molar-refractivity contribution < 1.29 is 13.2 Å². The summed E-state index contributed by atoms with van der Waals surface area (Å²) < 4.78 is 39.0. The van der Waals surface area contributed by atoms with Crippen molar-refractivity contribution in [2.75, 3.05) is 0 Å². The Morgan fingerprint density at radius 1 is 0.880 bits per heavy atom. The van der Waals surface area contributed by atoms with Crippen molar-refractivity contribution in [2.45, 2.75) is 6.18 Å². The van der Waals surface area contributed by atoms with Crippen molar-refractivity contribution in [1.29, 1.82) is 0 Å². The molecular formula is C19H12F3N3. The Labute approximate surface area is 141 Å². The lowest BCUT2D eigenvalue weighted by Crippen LogP contribution is -2.04. The number of nitrogens with zero attached hydrogens (tertiary/aromatic N) is 2. The minimum atomic E-state index is -4.39. The highest BCUT2D eigenvalue weighted by Gasteiger charge is 2.30. The van der Waals surface area contributed by atoms with Gasteiger partial charge in [0.2, 0.25) is 0 Å². The fourth-order valence-corrected chi connectivity index (χ4v) is 2.82. The van der Waals surface area contributed by atoms with E-state index in [4.69, 9.17) is 0 Å². The molecule has 1 N–H and O–H groups in total. The predicted molar refractivity (Wildman–Crippen MR) is 89.8 cm³/mol. The van der Waals surface area contributed by atoms with Crippen LogP contribution < -0.4 is 0 Å². The van der Waals surface area contributed by atoms with E-state index in [1.54, 1.807) is 24.5 Å². The van der Waals surface area contributed by atoms with Crippen LogP contribution in [0, 0.1) is 0 Å². The Morgan fingerprint density at radius 2 is 1.76 bits per heavy atom. The Morgan fingerprint density at radius 3 is 2.60 bits per heavy atom. The topological polar surface area (TPSA) is 41.6 Å². The quantitative estimate of drug-likeness (QED) is 0.538. The second-order valence-corrected chi connectivity index (χ2v) is 5.65. The fourth-order valence-electron chi connectivity index (χ4n) is 2.82. The third-order valence-corrected chi connectivity index (χ3v) is 4.02. The number of aromatic nitrogens is 3. The maximum absolute atomic E-state index is 13.0. The Bertz CT molecular complexity index is 1050. The Balaban J connectivity index is 1.87. The molecule has 124 valence electrons. The fraction of sp³-hybridized carbons (Fsp3) is 0.0526. The number of nitrogens with one attached hydrogen (secondary N) is 1. The SMILES string of the molecule is FC(F)(F)c1cccc(-c2ncccc2-c2ccc3[nH]ncc3c2)c1. The molecule has 0 amide bonds. The van der Waals surface area contributed by atoms with Crippen molar-refractivity contribution in [3.05, 3.63) is 72.6 Å². The number of halogens is 3. The molecular weight excluding hydrogens is 327 g/mol. The minimum Gasteiger partial charge on any atom is -0.278 e. The summed E-state index contributed by atoms with van der Waals surface area (Å²) >= 11 is 0. The van der Waals surface area contributed by atoms with Gasteiger partial charge in [0.15, 0.2) is 0 Å². The van der Waals surface area contributed by atoms with E-state index >= 15 is 0 Å².